The molecule has 0 fully saturated rings. The number of rotatable bonds is 2. The van der Waals surface area contributed by atoms with E-state index in [1.54, 1.807) is 13.0 Å². The first-order chi connectivity index (χ1) is 5.79. The monoisotopic (exact) mass is 160 g/mol. The Labute approximate surface area is 72.8 Å². The highest BCUT2D eigenvalue weighted by Gasteiger charge is 1.90. The molecule has 0 unspecified atom stereocenters. The van der Waals surface area contributed by atoms with Crippen LogP contribution < -0.4 is 0 Å². The van der Waals surface area contributed by atoms with E-state index < -0.39 is 0 Å². The second-order valence-corrected chi connectivity index (χ2v) is 2.70. The Balaban J connectivity index is 2.63. The first-order valence-electron chi connectivity index (χ1n) is 4.00. The standard InChI is InChI=1S/C11H12O/c1-10(12)8-9-11-6-4-2-3-5-7-11/h2-6,8-9H,7H2,1H3/b9-8+. The number of carbonyl (C=O) groups is 1. The number of hydrogen-bond acceptors (Lipinski definition) is 1. The van der Waals surface area contributed by atoms with E-state index in [2.05, 4.69) is 6.08 Å². The summed E-state index contributed by atoms with van der Waals surface area (Å²) in [5.41, 5.74) is 1.16. The lowest BCUT2D eigenvalue weighted by atomic mass is 10.1. The van der Waals surface area contributed by atoms with Gasteiger partial charge in [0, 0.05) is 0 Å². The Hall–Kier alpha value is -1.37. The van der Waals surface area contributed by atoms with Gasteiger partial charge < -0.3 is 0 Å². The molecule has 1 heteroatoms. The fourth-order valence-electron chi connectivity index (χ4n) is 0.942. The summed E-state index contributed by atoms with van der Waals surface area (Å²) >= 11 is 0. The highest BCUT2D eigenvalue weighted by atomic mass is 16.1. The van der Waals surface area contributed by atoms with Gasteiger partial charge in [-0.05, 0) is 25.0 Å². The Bertz CT molecular complexity index is 277. The van der Waals surface area contributed by atoms with Crippen LogP contribution >= 0.6 is 0 Å². The van der Waals surface area contributed by atoms with Crippen molar-refractivity contribution in [1.82, 2.24) is 0 Å². The third kappa shape index (κ3) is 3.15. The summed E-state index contributed by atoms with van der Waals surface area (Å²) in [4.78, 5) is 10.6. The van der Waals surface area contributed by atoms with Crippen molar-refractivity contribution in [2.75, 3.05) is 0 Å². The van der Waals surface area contributed by atoms with E-state index in [1.807, 2.05) is 30.4 Å². The zero-order valence-electron chi connectivity index (χ0n) is 7.16. The Morgan fingerprint density at radius 2 is 2.25 bits per heavy atom. The lowest BCUT2D eigenvalue weighted by molar-refractivity contribution is -0.112. The summed E-state index contributed by atoms with van der Waals surface area (Å²) in [5, 5.41) is 0. The molecule has 0 aromatic carbocycles. The van der Waals surface area contributed by atoms with Crippen LogP contribution in [0.5, 0.6) is 0 Å². The Kier molecular flexibility index (Phi) is 3.27. The van der Waals surface area contributed by atoms with Crippen LogP contribution in [0.4, 0.5) is 0 Å². The van der Waals surface area contributed by atoms with E-state index in [1.165, 1.54) is 0 Å². The molecule has 0 aliphatic heterocycles. The van der Waals surface area contributed by atoms with Crippen molar-refractivity contribution in [3.8, 4) is 0 Å². The number of ketones is 1. The third-order valence-electron chi connectivity index (χ3n) is 1.55. The molecule has 0 bridgehead atoms. The zero-order valence-corrected chi connectivity index (χ0v) is 7.16. The average molecular weight is 160 g/mol. The maximum Gasteiger partial charge on any atom is 0.152 e. The first kappa shape index (κ1) is 8.72. The molecule has 1 nitrogen and oxygen atoms in total. The molecule has 1 aliphatic rings. The van der Waals surface area contributed by atoms with Crippen molar-refractivity contribution in [1.29, 1.82) is 0 Å². The fraction of sp³-hybridized carbons (Fsp3) is 0.182. The zero-order chi connectivity index (χ0) is 8.81. The molecule has 0 amide bonds. The van der Waals surface area contributed by atoms with Gasteiger partial charge in [0.25, 0.3) is 0 Å². The molecule has 62 valence electrons. The van der Waals surface area contributed by atoms with Crippen molar-refractivity contribution in [2.45, 2.75) is 13.3 Å². The van der Waals surface area contributed by atoms with Crippen molar-refractivity contribution < 1.29 is 4.79 Å². The molecule has 0 spiro atoms. The van der Waals surface area contributed by atoms with Crippen LogP contribution in [0.1, 0.15) is 13.3 Å². The first-order valence-corrected chi connectivity index (χ1v) is 4.00. The van der Waals surface area contributed by atoms with E-state index in [9.17, 15) is 4.79 Å². The van der Waals surface area contributed by atoms with Gasteiger partial charge in [-0.15, -0.1) is 0 Å². The molecule has 0 aromatic rings. The Morgan fingerprint density at radius 1 is 1.42 bits per heavy atom. The van der Waals surface area contributed by atoms with Crippen LogP contribution in [0.2, 0.25) is 0 Å². The van der Waals surface area contributed by atoms with Gasteiger partial charge in [0.2, 0.25) is 0 Å². The predicted octanol–water partition coefficient (Wildman–Crippen LogP) is 2.57. The molecule has 1 aliphatic carbocycles. The fourth-order valence-corrected chi connectivity index (χ4v) is 0.942. The van der Waals surface area contributed by atoms with Crippen LogP contribution in [0.25, 0.3) is 0 Å². The van der Waals surface area contributed by atoms with E-state index >= 15 is 0 Å². The molecule has 0 heterocycles. The third-order valence-corrected chi connectivity index (χ3v) is 1.55. The summed E-state index contributed by atoms with van der Waals surface area (Å²) in [7, 11) is 0. The predicted molar refractivity (Wildman–Crippen MR) is 50.8 cm³/mol. The van der Waals surface area contributed by atoms with Crippen LogP contribution in [-0.2, 0) is 4.79 Å². The summed E-state index contributed by atoms with van der Waals surface area (Å²) < 4.78 is 0. The number of allylic oxidation sites excluding steroid dienone is 8. The van der Waals surface area contributed by atoms with Crippen molar-refractivity contribution in [3.63, 3.8) is 0 Å². The lowest BCUT2D eigenvalue weighted by Gasteiger charge is -1.92. The highest BCUT2D eigenvalue weighted by molar-refractivity contribution is 5.87. The summed E-state index contributed by atoms with van der Waals surface area (Å²) in [5.74, 6) is 0.0908. The van der Waals surface area contributed by atoms with Gasteiger partial charge >= 0.3 is 0 Å². The summed E-state index contributed by atoms with van der Waals surface area (Å²) in [6, 6.07) is 0. The van der Waals surface area contributed by atoms with Crippen LogP contribution in [0.3, 0.4) is 0 Å². The van der Waals surface area contributed by atoms with Gasteiger partial charge in [-0.1, -0.05) is 36.5 Å². The van der Waals surface area contributed by atoms with E-state index in [-0.39, 0.29) is 5.78 Å². The number of carbonyl (C=O) groups excluding carboxylic acids is 1. The quantitative estimate of drug-likeness (QED) is 0.567. The molecule has 0 N–H and O–H groups in total. The van der Waals surface area contributed by atoms with Gasteiger partial charge in [0.05, 0.1) is 0 Å². The maximum absolute atomic E-state index is 10.6. The average Bonchev–Trinajstić information content (AvgIpc) is 2.28. The smallest absolute Gasteiger partial charge is 0.152 e. The largest absolute Gasteiger partial charge is 0.295 e. The molecule has 1 rings (SSSR count). The van der Waals surface area contributed by atoms with Gasteiger partial charge in [0.15, 0.2) is 5.78 Å². The van der Waals surface area contributed by atoms with Gasteiger partial charge in [-0.2, -0.15) is 0 Å². The molecular formula is C11H12O. The SMILES string of the molecule is CC(=O)/C=C/C1=CC=CC=CC1. The maximum atomic E-state index is 10.6. The Morgan fingerprint density at radius 3 is 3.00 bits per heavy atom. The minimum Gasteiger partial charge on any atom is -0.295 e. The lowest BCUT2D eigenvalue weighted by Crippen LogP contribution is -1.81. The molecule has 0 saturated heterocycles. The normalized spacial score (nSPS) is 16.2. The van der Waals surface area contributed by atoms with E-state index in [0.29, 0.717) is 0 Å². The summed E-state index contributed by atoms with van der Waals surface area (Å²) in [6.07, 6.45) is 14.4. The van der Waals surface area contributed by atoms with Crippen molar-refractivity contribution in [2.24, 2.45) is 0 Å². The van der Waals surface area contributed by atoms with Crippen molar-refractivity contribution in [3.05, 3.63) is 48.1 Å². The second-order valence-electron chi connectivity index (χ2n) is 2.70. The minimum absolute atomic E-state index is 0.0908. The van der Waals surface area contributed by atoms with Gasteiger partial charge in [-0.3, -0.25) is 4.79 Å². The molecular weight excluding hydrogens is 148 g/mol. The molecule has 0 radical (unpaired) electrons. The minimum atomic E-state index is 0.0908. The molecule has 0 atom stereocenters. The summed E-state index contributed by atoms with van der Waals surface area (Å²) in [6.45, 7) is 1.56. The van der Waals surface area contributed by atoms with Gasteiger partial charge in [-0.25, -0.2) is 0 Å². The van der Waals surface area contributed by atoms with Crippen LogP contribution in [0, 0.1) is 0 Å². The van der Waals surface area contributed by atoms with Gasteiger partial charge in [0.1, 0.15) is 0 Å². The van der Waals surface area contributed by atoms with E-state index in [4.69, 9.17) is 0 Å². The topological polar surface area (TPSA) is 17.1 Å². The van der Waals surface area contributed by atoms with Crippen LogP contribution in [0.15, 0.2) is 48.1 Å². The van der Waals surface area contributed by atoms with E-state index in [0.717, 1.165) is 12.0 Å². The molecule has 12 heavy (non-hydrogen) atoms. The highest BCUT2D eigenvalue weighted by Crippen LogP contribution is 2.07. The second kappa shape index (κ2) is 4.50. The molecule has 0 saturated carbocycles. The molecule has 0 aromatic heterocycles. The number of hydrogen-bond donors (Lipinski definition) is 0. The van der Waals surface area contributed by atoms with Crippen molar-refractivity contribution >= 4 is 5.78 Å². The van der Waals surface area contributed by atoms with Crippen LogP contribution in [-0.4, -0.2) is 5.78 Å².